The molecule has 0 radical (unpaired) electrons. The summed E-state index contributed by atoms with van der Waals surface area (Å²) in [5, 5.41) is 2.20. The predicted molar refractivity (Wildman–Crippen MR) is 320 cm³/mol. The fraction of sp³-hybridized carbons (Fsp3) is 0.400. The van der Waals surface area contributed by atoms with Gasteiger partial charge in [0.05, 0.1) is 22.2 Å². The molecule has 0 spiro atoms. The van der Waals surface area contributed by atoms with Crippen molar-refractivity contribution in [3.63, 3.8) is 0 Å². The number of hydrogen-bond donors (Lipinski definition) is 0. The van der Waals surface area contributed by atoms with Crippen LogP contribution in [0.5, 0.6) is 0 Å². The highest BCUT2D eigenvalue weighted by Crippen LogP contribution is 2.65. The third-order valence-corrected chi connectivity index (χ3v) is 20.5. The van der Waals surface area contributed by atoms with Crippen LogP contribution in [0.4, 0.5) is 39.8 Å². The number of nitrogens with zero attached hydrogens (tertiary/aromatic N) is 3. The molecule has 75 heavy (non-hydrogen) atoms. The summed E-state index contributed by atoms with van der Waals surface area (Å²) < 4.78 is 45.2. The molecule has 4 aliphatic heterocycles. The van der Waals surface area contributed by atoms with E-state index in [0.29, 0.717) is 5.69 Å². The van der Waals surface area contributed by atoms with E-state index in [-0.39, 0.29) is 58.1 Å². The van der Waals surface area contributed by atoms with E-state index in [4.69, 9.17) is 5.79 Å². The number of fused-ring (bicyclic) bond motifs is 13. The second-order valence-electron chi connectivity index (χ2n) is 27.7. The van der Waals surface area contributed by atoms with E-state index >= 15 is 0 Å². The van der Waals surface area contributed by atoms with Gasteiger partial charge in [-0.05, 0) is 160 Å². The zero-order chi connectivity index (χ0) is 55.6. The maximum Gasteiger partial charge on any atom is 0.252 e. The third kappa shape index (κ3) is 6.25. The van der Waals surface area contributed by atoms with Gasteiger partial charge in [0.1, 0.15) is 11.2 Å². The lowest BCUT2D eigenvalue weighted by atomic mass is 9.33. The van der Waals surface area contributed by atoms with Crippen LogP contribution in [0.15, 0.2) is 132 Å². The van der Waals surface area contributed by atoms with E-state index in [1.54, 1.807) is 0 Å². The predicted octanol–water partition coefficient (Wildman–Crippen LogP) is 17.2. The molecule has 5 heteroatoms. The Morgan fingerprint density at radius 3 is 1.83 bits per heavy atom. The summed E-state index contributed by atoms with van der Waals surface area (Å²) in [5.41, 5.74) is 19.6. The lowest BCUT2D eigenvalue weighted by Gasteiger charge is -2.54. The Bertz CT molecular complexity index is 3970. The number of anilines is 7. The van der Waals surface area contributed by atoms with Gasteiger partial charge in [-0.25, -0.2) is 0 Å². The highest BCUT2D eigenvalue weighted by Gasteiger charge is 2.63. The quantitative estimate of drug-likeness (QED) is 0.165. The van der Waals surface area contributed by atoms with E-state index in [0.717, 1.165) is 106 Å². The van der Waals surface area contributed by atoms with Crippen molar-refractivity contribution in [1.82, 2.24) is 0 Å². The SMILES string of the molecule is [2H]c1c([2H])c([2H])c2c(c1[2H])N(c1cc3c4c(c1)N1c5c(cc(C(C)(C)C)cc5C5(C)CCCCC15C)B4c1cc4oc5ccc(C(C)(C)C)cc5c4cc1N3c1ccc(C(C)(C)C)cc1-c1ccccc1)C1(C)CCCCC21C. The molecule has 0 saturated heterocycles. The molecule has 4 unspecified atom stereocenters. The molecule has 4 atom stereocenters. The third-order valence-electron chi connectivity index (χ3n) is 20.5. The lowest BCUT2D eigenvalue weighted by Crippen LogP contribution is -2.64. The lowest BCUT2D eigenvalue weighted by molar-refractivity contribution is 0.194. The van der Waals surface area contributed by atoms with E-state index in [1.807, 2.05) is 0 Å². The van der Waals surface area contributed by atoms with Crippen molar-refractivity contribution >= 4 is 84.9 Å². The highest BCUT2D eigenvalue weighted by atomic mass is 16.3. The summed E-state index contributed by atoms with van der Waals surface area (Å²) in [6, 6.07) is 39.6. The van der Waals surface area contributed by atoms with Crippen LogP contribution in [0.25, 0.3) is 33.1 Å². The molecule has 2 saturated carbocycles. The first kappa shape index (κ1) is 43.0. The van der Waals surface area contributed by atoms with Gasteiger partial charge in [0.15, 0.2) is 0 Å². The van der Waals surface area contributed by atoms with E-state index in [9.17, 15) is 4.11 Å². The smallest absolute Gasteiger partial charge is 0.252 e. The number of furan rings is 1. The van der Waals surface area contributed by atoms with Crippen LogP contribution < -0.4 is 31.1 Å². The van der Waals surface area contributed by atoms with Gasteiger partial charge in [-0.2, -0.15) is 0 Å². The molecule has 5 heterocycles. The molecular weight excluding hydrogens is 910 g/mol. The zero-order valence-corrected chi connectivity index (χ0v) is 46.8. The fourth-order valence-corrected chi connectivity index (χ4v) is 15.7. The second kappa shape index (κ2) is 15.3. The zero-order valence-electron chi connectivity index (χ0n) is 50.8. The van der Waals surface area contributed by atoms with Crippen LogP contribution in [-0.4, -0.2) is 17.8 Å². The van der Waals surface area contributed by atoms with E-state index in [1.165, 1.54) is 56.4 Å². The van der Waals surface area contributed by atoms with Crippen LogP contribution in [-0.2, 0) is 27.1 Å². The number of rotatable bonds is 3. The average Bonchev–Trinajstić information content (AvgIpc) is 2.31. The Hall–Kier alpha value is -6.20. The van der Waals surface area contributed by atoms with E-state index in [2.05, 4.69) is 208 Å². The number of hydrogen-bond acceptors (Lipinski definition) is 4. The Labute approximate surface area is 453 Å². The molecule has 8 aromatic rings. The van der Waals surface area contributed by atoms with Crippen molar-refractivity contribution in [2.45, 2.75) is 180 Å². The normalized spacial score (nSPS) is 25.3. The molecule has 2 fully saturated rings. The van der Waals surface area contributed by atoms with Gasteiger partial charge in [0.25, 0.3) is 6.71 Å². The molecule has 4 nitrogen and oxygen atoms in total. The minimum atomic E-state index is -0.555. The largest absolute Gasteiger partial charge is 0.456 e. The first-order chi connectivity index (χ1) is 37.2. The average molecular weight is 990 g/mol. The van der Waals surface area contributed by atoms with Crippen molar-refractivity contribution in [2.24, 2.45) is 0 Å². The summed E-state index contributed by atoms with van der Waals surface area (Å²) in [5.74, 6) is 0. The van der Waals surface area contributed by atoms with Crippen molar-refractivity contribution in [1.29, 1.82) is 0 Å². The maximum absolute atomic E-state index is 9.96. The minimum Gasteiger partial charge on any atom is -0.456 e. The molecule has 0 amide bonds. The number of para-hydroxylation sites is 1. The molecule has 0 N–H and O–H groups in total. The first-order valence-electron chi connectivity index (χ1n) is 30.3. The molecule has 0 bridgehead atoms. The number of benzene rings is 7. The summed E-state index contributed by atoms with van der Waals surface area (Å²) >= 11 is 0. The highest BCUT2D eigenvalue weighted by molar-refractivity contribution is 7.00. The molecule has 14 rings (SSSR count). The van der Waals surface area contributed by atoms with Gasteiger partial charge in [0, 0.05) is 61.3 Å². The summed E-state index contributed by atoms with van der Waals surface area (Å²) in [6.45, 7) is 30.5. The monoisotopic (exact) mass is 990 g/mol. The van der Waals surface area contributed by atoms with Crippen LogP contribution in [0.2, 0.25) is 0 Å². The van der Waals surface area contributed by atoms with Crippen molar-refractivity contribution < 1.29 is 9.90 Å². The molecular formula is C70H76BN3O. The molecule has 1 aromatic heterocycles. The Balaban J connectivity index is 1.18. The van der Waals surface area contributed by atoms with Crippen molar-refractivity contribution in [2.75, 3.05) is 14.7 Å². The second-order valence-corrected chi connectivity index (χ2v) is 27.7. The minimum absolute atomic E-state index is 0.0441. The van der Waals surface area contributed by atoms with Crippen LogP contribution in [0.1, 0.15) is 175 Å². The maximum atomic E-state index is 9.96. The van der Waals surface area contributed by atoms with Gasteiger partial charge in [0.2, 0.25) is 0 Å². The molecule has 380 valence electrons. The Morgan fingerprint density at radius 1 is 0.507 bits per heavy atom. The van der Waals surface area contributed by atoms with Crippen LogP contribution in [0.3, 0.4) is 0 Å². The van der Waals surface area contributed by atoms with Crippen molar-refractivity contribution in [3.8, 4) is 11.1 Å². The van der Waals surface area contributed by atoms with Gasteiger partial charge < -0.3 is 19.1 Å². The van der Waals surface area contributed by atoms with Gasteiger partial charge in [-0.3, -0.25) is 0 Å². The van der Waals surface area contributed by atoms with Crippen LogP contribution >= 0.6 is 0 Å². The summed E-state index contributed by atoms with van der Waals surface area (Å²) in [7, 11) is 0. The van der Waals surface area contributed by atoms with Gasteiger partial charge >= 0.3 is 0 Å². The molecule has 7 aromatic carbocycles. The van der Waals surface area contributed by atoms with Gasteiger partial charge in [-0.1, -0.05) is 175 Å². The molecule has 2 aliphatic carbocycles. The Kier molecular flexibility index (Phi) is 8.74. The van der Waals surface area contributed by atoms with Gasteiger partial charge in [-0.15, -0.1) is 0 Å². The summed E-state index contributed by atoms with van der Waals surface area (Å²) in [4.78, 5) is 7.85. The topological polar surface area (TPSA) is 22.9 Å². The van der Waals surface area contributed by atoms with Crippen LogP contribution in [0, 0.1) is 0 Å². The first-order valence-corrected chi connectivity index (χ1v) is 28.3. The van der Waals surface area contributed by atoms with E-state index < -0.39 is 11.0 Å². The van der Waals surface area contributed by atoms with Crippen molar-refractivity contribution in [3.05, 3.63) is 155 Å². The Morgan fingerprint density at radius 2 is 1.12 bits per heavy atom. The fourth-order valence-electron chi connectivity index (χ4n) is 15.7. The standard InChI is InChI=1S/C70H76BN3O/c1-64(2,3)44-27-29-55(48(35-44)43-23-15-14-16-24-43)72-57-41-50-49-36-45(65(4,5)6)28-30-60(49)75-61(50)42-53(57)71-54-38-46(66(7,8)9)37-52-63(54)74(70(13)34-22-20-32-68(52,70)11)59-40-47(39-58(72)62(59)71)73-56-26-18-17-25-51(56)67(10)31-19-21-33-69(67,73)12/h14-18,23-30,35-42H,19-22,31-34H2,1-13H3/i17D,18D,25D,26D. The summed E-state index contributed by atoms with van der Waals surface area (Å²) in [6.07, 6.45) is 8.18. The molecule has 6 aliphatic rings.